The van der Waals surface area contributed by atoms with Crippen LogP contribution >= 0.6 is 34.8 Å². The summed E-state index contributed by atoms with van der Waals surface area (Å²) in [4.78, 5) is 32.0. The lowest BCUT2D eigenvalue weighted by atomic mass is 9.93. The summed E-state index contributed by atoms with van der Waals surface area (Å²) in [6.07, 6.45) is 4.35. The average Bonchev–Trinajstić information content (AvgIpc) is 3.28. The largest absolute Gasteiger partial charge is 0.341 e. The van der Waals surface area contributed by atoms with Crippen molar-refractivity contribution < 1.29 is 9.59 Å². The summed E-state index contributed by atoms with van der Waals surface area (Å²) in [5, 5.41) is 1.61. The third-order valence-electron chi connectivity index (χ3n) is 7.20. The second-order valence-corrected chi connectivity index (χ2v) is 10.8. The summed E-state index contributed by atoms with van der Waals surface area (Å²) in [6.45, 7) is 4.10. The molecule has 2 saturated heterocycles. The molecular weight excluding hydrogens is 505 g/mol. The van der Waals surface area contributed by atoms with Crippen molar-refractivity contribution in [2.45, 2.75) is 50.6 Å². The van der Waals surface area contributed by atoms with Crippen molar-refractivity contribution in [1.82, 2.24) is 14.7 Å². The maximum absolute atomic E-state index is 13.6. The highest BCUT2D eigenvalue weighted by atomic mass is 35.5. The summed E-state index contributed by atoms with van der Waals surface area (Å²) in [6, 6.07) is 13.4. The van der Waals surface area contributed by atoms with E-state index in [-0.39, 0.29) is 11.8 Å². The zero-order chi connectivity index (χ0) is 24.9. The number of rotatable bonds is 8. The van der Waals surface area contributed by atoms with E-state index in [0.717, 1.165) is 56.6 Å². The first kappa shape index (κ1) is 26.3. The van der Waals surface area contributed by atoms with E-state index in [1.165, 1.54) is 0 Å². The van der Waals surface area contributed by atoms with Gasteiger partial charge in [0.1, 0.15) is 0 Å². The molecule has 2 fully saturated rings. The Labute approximate surface area is 222 Å². The van der Waals surface area contributed by atoms with Crippen molar-refractivity contribution >= 4 is 46.6 Å². The number of likely N-dealkylation sites (tertiary alicyclic amines) is 2. The van der Waals surface area contributed by atoms with Crippen LogP contribution in [0.25, 0.3) is 0 Å². The molecule has 0 spiro atoms. The van der Waals surface area contributed by atoms with Gasteiger partial charge in [-0.15, -0.1) is 0 Å². The van der Waals surface area contributed by atoms with E-state index in [1.54, 1.807) is 11.0 Å². The number of halogens is 3. The highest BCUT2D eigenvalue weighted by molar-refractivity contribution is 6.42. The van der Waals surface area contributed by atoms with Crippen LogP contribution in [-0.2, 0) is 16.1 Å². The first-order valence-corrected chi connectivity index (χ1v) is 13.4. The Hall–Kier alpha value is -1.79. The van der Waals surface area contributed by atoms with Crippen LogP contribution in [0.15, 0.2) is 42.5 Å². The fourth-order valence-corrected chi connectivity index (χ4v) is 5.62. The minimum Gasteiger partial charge on any atom is -0.341 e. The molecule has 2 amide bonds. The van der Waals surface area contributed by atoms with Crippen molar-refractivity contribution in [2.75, 3.05) is 33.2 Å². The summed E-state index contributed by atoms with van der Waals surface area (Å²) >= 11 is 18.5. The molecule has 35 heavy (non-hydrogen) atoms. The van der Waals surface area contributed by atoms with Crippen LogP contribution in [0.2, 0.25) is 15.1 Å². The molecule has 0 saturated carbocycles. The van der Waals surface area contributed by atoms with Gasteiger partial charge in [0.2, 0.25) is 11.8 Å². The molecule has 2 aliphatic rings. The van der Waals surface area contributed by atoms with Gasteiger partial charge in [0.15, 0.2) is 0 Å². The minimum absolute atomic E-state index is 0.0517. The van der Waals surface area contributed by atoms with E-state index in [9.17, 15) is 9.59 Å². The number of piperidine rings is 1. The maximum Gasteiger partial charge on any atom is 0.230 e. The molecule has 2 aliphatic heterocycles. The number of hydrogen-bond acceptors (Lipinski definition) is 3. The molecular formula is C27H32Cl3N3O2. The van der Waals surface area contributed by atoms with Crippen LogP contribution in [0.3, 0.4) is 0 Å². The van der Waals surface area contributed by atoms with Crippen LogP contribution in [0.5, 0.6) is 0 Å². The van der Waals surface area contributed by atoms with Gasteiger partial charge in [-0.25, -0.2) is 0 Å². The fraction of sp³-hybridized carbons (Fsp3) is 0.481. The van der Waals surface area contributed by atoms with Crippen molar-refractivity contribution in [3.8, 4) is 0 Å². The average molecular weight is 537 g/mol. The summed E-state index contributed by atoms with van der Waals surface area (Å²) in [5.74, 6) is 0.0355. The SMILES string of the molecule is CN(Cc1ccc(Cl)cc1)C(=O)C(CCN1CCC(N2CCCC2=O)CC1)c1ccc(Cl)c(Cl)c1. The van der Waals surface area contributed by atoms with E-state index in [0.29, 0.717) is 46.4 Å². The quantitative estimate of drug-likeness (QED) is 0.424. The molecule has 2 aromatic rings. The number of amides is 2. The first-order valence-electron chi connectivity index (χ1n) is 12.3. The van der Waals surface area contributed by atoms with Gasteiger partial charge in [0, 0.05) is 50.7 Å². The van der Waals surface area contributed by atoms with Gasteiger partial charge in [0.05, 0.1) is 16.0 Å². The molecule has 0 radical (unpaired) electrons. The Morgan fingerprint density at radius 2 is 1.74 bits per heavy atom. The summed E-state index contributed by atoms with van der Waals surface area (Å²) in [7, 11) is 1.83. The normalized spacial score (nSPS) is 18.2. The topological polar surface area (TPSA) is 43.9 Å². The molecule has 1 atom stereocenters. The Kier molecular flexibility index (Phi) is 8.98. The van der Waals surface area contributed by atoms with Gasteiger partial charge in [0.25, 0.3) is 0 Å². The molecule has 0 N–H and O–H groups in total. The van der Waals surface area contributed by atoms with Crippen molar-refractivity contribution in [2.24, 2.45) is 0 Å². The van der Waals surface area contributed by atoms with Crippen LogP contribution in [-0.4, -0.2) is 65.8 Å². The van der Waals surface area contributed by atoms with Gasteiger partial charge in [-0.05, 0) is 67.6 Å². The van der Waals surface area contributed by atoms with E-state index < -0.39 is 0 Å². The van der Waals surface area contributed by atoms with Gasteiger partial charge in [-0.2, -0.15) is 0 Å². The van der Waals surface area contributed by atoms with E-state index in [2.05, 4.69) is 9.80 Å². The fourth-order valence-electron chi connectivity index (χ4n) is 5.19. The lowest BCUT2D eigenvalue weighted by Gasteiger charge is -2.37. The van der Waals surface area contributed by atoms with Crippen molar-refractivity contribution in [3.05, 3.63) is 68.7 Å². The Bertz CT molecular complexity index is 1040. The Morgan fingerprint density at radius 1 is 1.03 bits per heavy atom. The zero-order valence-electron chi connectivity index (χ0n) is 20.1. The standard InChI is InChI=1S/C27H32Cl3N3O2/c1-31(18-19-4-7-21(28)8-5-19)27(35)23(20-6-9-24(29)25(30)17-20)12-16-32-14-10-22(11-15-32)33-13-2-3-26(33)34/h4-9,17,22-23H,2-3,10-16,18H2,1H3. The zero-order valence-corrected chi connectivity index (χ0v) is 22.3. The lowest BCUT2D eigenvalue weighted by molar-refractivity contribution is -0.133. The summed E-state index contributed by atoms with van der Waals surface area (Å²) in [5.41, 5.74) is 1.90. The summed E-state index contributed by atoms with van der Waals surface area (Å²) < 4.78 is 0. The number of nitrogens with zero attached hydrogens (tertiary/aromatic N) is 3. The Balaban J connectivity index is 1.41. The maximum atomic E-state index is 13.6. The molecule has 2 aromatic carbocycles. The number of likely N-dealkylation sites (N-methyl/N-ethyl adjacent to an activating group) is 1. The minimum atomic E-state index is -0.319. The van der Waals surface area contributed by atoms with Crippen LogP contribution < -0.4 is 0 Å². The third kappa shape index (κ3) is 6.71. The van der Waals surface area contributed by atoms with Gasteiger partial charge in [-0.1, -0.05) is 53.0 Å². The smallest absolute Gasteiger partial charge is 0.230 e. The van der Waals surface area contributed by atoms with Crippen LogP contribution in [0.1, 0.15) is 49.1 Å². The highest BCUT2D eigenvalue weighted by Gasteiger charge is 2.31. The van der Waals surface area contributed by atoms with Crippen LogP contribution in [0, 0.1) is 0 Å². The van der Waals surface area contributed by atoms with Crippen LogP contribution in [0.4, 0.5) is 0 Å². The first-order chi connectivity index (χ1) is 16.8. The molecule has 4 rings (SSSR count). The van der Waals surface area contributed by atoms with Crippen molar-refractivity contribution in [3.63, 3.8) is 0 Å². The second kappa shape index (κ2) is 12.0. The molecule has 0 aromatic heterocycles. The Morgan fingerprint density at radius 3 is 2.37 bits per heavy atom. The van der Waals surface area contributed by atoms with Gasteiger partial charge in [-0.3, -0.25) is 9.59 Å². The van der Waals surface area contributed by atoms with E-state index >= 15 is 0 Å². The molecule has 2 heterocycles. The predicted octanol–water partition coefficient (Wildman–Crippen LogP) is 5.87. The number of carbonyl (C=O) groups excluding carboxylic acids is 2. The lowest BCUT2D eigenvalue weighted by Crippen LogP contribution is -2.46. The van der Waals surface area contributed by atoms with E-state index in [1.807, 2.05) is 43.4 Å². The molecule has 0 bridgehead atoms. The molecule has 0 aliphatic carbocycles. The predicted molar refractivity (Wildman–Crippen MR) is 142 cm³/mol. The van der Waals surface area contributed by atoms with E-state index in [4.69, 9.17) is 34.8 Å². The number of carbonyl (C=O) groups is 2. The molecule has 8 heteroatoms. The molecule has 188 valence electrons. The monoisotopic (exact) mass is 535 g/mol. The third-order valence-corrected chi connectivity index (χ3v) is 8.19. The van der Waals surface area contributed by atoms with Crippen molar-refractivity contribution in [1.29, 1.82) is 0 Å². The van der Waals surface area contributed by atoms with Gasteiger partial charge < -0.3 is 14.7 Å². The number of benzene rings is 2. The molecule has 5 nitrogen and oxygen atoms in total. The second-order valence-electron chi connectivity index (χ2n) is 9.60. The highest BCUT2D eigenvalue weighted by Crippen LogP contribution is 2.31. The molecule has 1 unspecified atom stereocenters. The number of hydrogen-bond donors (Lipinski definition) is 0. The van der Waals surface area contributed by atoms with Gasteiger partial charge >= 0.3 is 0 Å².